The first-order valence-corrected chi connectivity index (χ1v) is 23.6. The van der Waals surface area contributed by atoms with Crippen LogP contribution >= 0.6 is 0 Å². The van der Waals surface area contributed by atoms with Gasteiger partial charge >= 0.3 is 59.7 Å². The van der Waals surface area contributed by atoms with E-state index in [2.05, 4.69) is 10.0 Å². The minimum absolute atomic E-state index is 0.833. The fraction of sp³-hybridized carbons (Fsp3) is 0.773. The summed E-state index contributed by atoms with van der Waals surface area (Å²) in [5.41, 5.74) is 9.97. The van der Waals surface area contributed by atoms with Crippen molar-refractivity contribution in [1.82, 2.24) is 0 Å². The fourth-order valence-corrected chi connectivity index (χ4v) is 8.65. The van der Waals surface area contributed by atoms with Gasteiger partial charge in [-0.05, 0) is 19.4 Å². The summed E-state index contributed by atoms with van der Waals surface area (Å²) in [5, 5.41) is 14.3. The van der Waals surface area contributed by atoms with Crippen molar-refractivity contribution in [1.29, 1.82) is 0 Å². The Hall–Kier alpha value is -7.07. The van der Waals surface area contributed by atoms with E-state index in [9.17, 15) is 63.6 Å². The predicted octanol–water partition coefficient (Wildman–Crippen LogP) is -0.452. The second-order valence-electron chi connectivity index (χ2n) is 17.5. The number of rotatable bonds is 21. The Morgan fingerprint density at radius 3 is 1.10 bits per heavy atom. The standard InChI is InChI=1S/C44H60N4O30/c1-15-30(65-19(5)51)35(68-22(8)54)38(71-25(11)57)42(63-15)76-34-29(46-47-45)41(78-48(59)60)73-27(13-61-17(3)49)32(34)75-44-40(37(70-24(10)56)33(67-21(7)53)28(74-44)14-62-18(4)50)77-43-39(72-26(12)58)36(69-23(9)55)31(16(2)64-43)66-20(6)52/h15-16,27-44H,13-14H2,1-12H3/t15?,16?,27?,28?,29?,30-,31+,32+,33+,34-,35?,36?,37+,38+,39+,40?,41?,42-,43?,44+/m1/s1. The highest BCUT2D eigenvalue weighted by Crippen LogP contribution is 2.40. The maximum absolute atomic E-state index is 13.1. The van der Waals surface area contributed by atoms with Crippen LogP contribution in [0.4, 0.5) is 0 Å². The Morgan fingerprint density at radius 2 is 0.731 bits per heavy atom. The molecule has 4 aliphatic rings. The molecular formula is C44H60N4O30. The summed E-state index contributed by atoms with van der Waals surface area (Å²) in [7, 11) is 0. The molecule has 34 nitrogen and oxygen atoms in total. The first kappa shape index (κ1) is 63.5. The number of esters is 10. The van der Waals surface area contributed by atoms with E-state index in [4.69, 9.17) is 85.4 Å². The van der Waals surface area contributed by atoms with Crippen LogP contribution in [0.2, 0.25) is 0 Å². The Kier molecular flexibility index (Phi) is 23.2. The lowest BCUT2D eigenvalue weighted by atomic mass is 9.94. The monoisotopic (exact) mass is 1120 g/mol. The van der Waals surface area contributed by atoms with Gasteiger partial charge < -0.3 is 80.5 Å². The molecule has 0 spiro atoms. The second kappa shape index (κ2) is 28.5. The fourth-order valence-electron chi connectivity index (χ4n) is 8.65. The van der Waals surface area contributed by atoms with E-state index in [1.54, 1.807) is 0 Å². The number of nitrogens with zero attached hydrogens (tertiary/aromatic N) is 4. The highest BCUT2D eigenvalue weighted by molar-refractivity contribution is 5.70. The maximum atomic E-state index is 13.1. The largest absolute Gasteiger partial charge is 0.463 e. The van der Waals surface area contributed by atoms with Gasteiger partial charge in [0.1, 0.15) is 43.7 Å². The molecule has 4 heterocycles. The van der Waals surface area contributed by atoms with Crippen molar-refractivity contribution in [3.8, 4) is 0 Å². The summed E-state index contributed by atoms with van der Waals surface area (Å²) >= 11 is 0. The molecule has 436 valence electrons. The number of carbonyl (C=O) groups is 10. The zero-order valence-corrected chi connectivity index (χ0v) is 44.0. The molecule has 0 aromatic carbocycles. The van der Waals surface area contributed by atoms with Crippen LogP contribution in [-0.2, 0) is 133 Å². The topological polar surface area (TPSA) is 429 Å². The Balaban J connectivity index is 2.07. The third kappa shape index (κ3) is 17.7. The van der Waals surface area contributed by atoms with E-state index < -0.39 is 201 Å². The average Bonchev–Trinajstić information content (AvgIpc) is 3.29. The van der Waals surface area contributed by atoms with Gasteiger partial charge in [0, 0.05) is 74.1 Å². The molecule has 4 fully saturated rings. The molecule has 0 aromatic heterocycles. The molecule has 0 aliphatic carbocycles. The number of azide groups is 1. The van der Waals surface area contributed by atoms with Crippen molar-refractivity contribution >= 4 is 59.7 Å². The highest BCUT2D eigenvalue weighted by Gasteiger charge is 2.61. The normalized spacial score (nSPS) is 34.3. The van der Waals surface area contributed by atoms with Crippen molar-refractivity contribution in [3.05, 3.63) is 20.6 Å². The third-order valence-electron chi connectivity index (χ3n) is 11.2. The van der Waals surface area contributed by atoms with Gasteiger partial charge in [-0.2, -0.15) is 0 Å². The number of ether oxygens (including phenoxy) is 17. The summed E-state index contributed by atoms with van der Waals surface area (Å²) in [6.07, 6.45) is -35.8. The minimum Gasteiger partial charge on any atom is -0.463 e. The lowest BCUT2D eigenvalue weighted by molar-refractivity contribution is -0.783. The third-order valence-corrected chi connectivity index (χ3v) is 11.2. The highest BCUT2D eigenvalue weighted by atomic mass is 17.0. The van der Waals surface area contributed by atoms with Crippen LogP contribution in [0, 0.1) is 10.1 Å². The van der Waals surface area contributed by atoms with Crippen molar-refractivity contribution in [3.63, 3.8) is 0 Å². The maximum Gasteiger partial charge on any atom is 0.303 e. The summed E-state index contributed by atoms with van der Waals surface area (Å²) < 4.78 is 98.7. The van der Waals surface area contributed by atoms with Crippen LogP contribution in [0.1, 0.15) is 83.1 Å². The molecule has 34 heteroatoms. The average molecular weight is 1120 g/mol. The summed E-state index contributed by atoms with van der Waals surface area (Å²) in [6, 6.07) is -2.16. The molecule has 10 unspecified atom stereocenters. The van der Waals surface area contributed by atoms with Gasteiger partial charge in [-0.3, -0.25) is 52.8 Å². The SMILES string of the molecule is CC(=O)OCC1OC(O[N+](=O)[O-])C(N=[N+]=[N-])[C@@H](O[C@H]2OC(C)[C@@H](OC(C)=O)C(OC(C)=O)[C@@H]2OC(C)=O)[C@H]1O[C@@H]1OC(COC(C)=O)[C@H](OC(C)=O)[C@H](OC(C)=O)C1OC1OC(C)[C@H](OC(C)=O)C(OC(C)=O)[C@@H]1OC(C)=O. The summed E-state index contributed by atoms with van der Waals surface area (Å²) in [6.45, 7) is 10.4. The van der Waals surface area contributed by atoms with Crippen LogP contribution in [0.5, 0.6) is 0 Å². The zero-order valence-electron chi connectivity index (χ0n) is 44.0. The summed E-state index contributed by atoms with van der Waals surface area (Å²) in [5.74, 6) is -10.0. The van der Waals surface area contributed by atoms with Crippen molar-refractivity contribution in [2.45, 2.75) is 206 Å². The van der Waals surface area contributed by atoms with E-state index in [-0.39, 0.29) is 0 Å². The Bertz CT molecular complexity index is 2280. The van der Waals surface area contributed by atoms with Gasteiger partial charge in [0.15, 0.2) is 73.8 Å². The van der Waals surface area contributed by atoms with Gasteiger partial charge in [-0.15, -0.1) is 10.1 Å². The Labute approximate surface area is 442 Å². The van der Waals surface area contributed by atoms with Crippen LogP contribution in [0.3, 0.4) is 0 Å². The minimum atomic E-state index is -2.32. The van der Waals surface area contributed by atoms with Gasteiger partial charge in [0.25, 0.3) is 5.09 Å². The van der Waals surface area contributed by atoms with E-state index in [1.165, 1.54) is 13.8 Å². The lowest BCUT2D eigenvalue weighted by Crippen LogP contribution is -2.69. The summed E-state index contributed by atoms with van der Waals surface area (Å²) in [4.78, 5) is 146. The number of carbonyl (C=O) groups excluding carboxylic acids is 10. The number of hydrogen-bond acceptors (Lipinski definition) is 31. The molecule has 4 saturated heterocycles. The van der Waals surface area contributed by atoms with Crippen LogP contribution in [0.15, 0.2) is 5.11 Å². The van der Waals surface area contributed by atoms with E-state index in [0.717, 1.165) is 69.2 Å². The van der Waals surface area contributed by atoms with Gasteiger partial charge in [0.05, 0.1) is 12.2 Å². The molecule has 0 saturated carbocycles. The predicted molar refractivity (Wildman–Crippen MR) is 239 cm³/mol. The molecule has 4 rings (SSSR count). The van der Waals surface area contributed by atoms with Crippen LogP contribution < -0.4 is 0 Å². The molecule has 78 heavy (non-hydrogen) atoms. The van der Waals surface area contributed by atoms with E-state index in [1.807, 2.05) is 0 Å². The number of hydrogen-bond donors (Lipinski definition) is 0. The Morgan fingerprint density at radius 1 is 0.423 bits per heavy atom. The van der Waals surface area contributed by atoms with Crippen LogP contribution in [-0.4, -0.2) is 201 Å². The molecule has 4 aliphatic heterocycles. The molecule has 0 bridgehead atoms. The molecule has 0 aromatic rings. The zero-order chi connectivity index (χ0) is 58.5. The molecule has 0 radical (unpaired) electrons. The van der Waals surface area contributed by atoms with Crippen molar-refractivity contribution < 1.29 is 138 Å². The van der Waals surface area contributed by atoms with E-state index >= 15 is 0 Å². The first-order chi connectivity index (χ1) is 36.5. The first-order valence-electron chi connectivity index (χ1n) is 23.6. The van der Waals surface area contributed by atoms with Gasteiger partial charge in [-0.1, -0.05) is 5.11 Å². The lowest BCUT2D eigenvalue weighted by Gasteiger charge is -2.51. The molecule has 20 atom stereocenters. The smallest absolute Gasteiger partial charge is 0.303 e. The van der Waals surface area contributed by atoms with Crippen LogP contribution in [0.25, 0.3) is 10.4 Å². The quantitative estimate of drug-likeness (QED) is 0.0267. The molecular weight excluding hydrogens is 1060 g/mol. The molecule has 0 N–H and O–H groups in total. The van der Waals surface area contributed by atoms with Gasteiger partial charge in [0.2, 0.25) is 6.29 Å². The molecule has 0 amide bonds. The van der Waals surface area contributed by atoms with Gasteiger partial charge in [-0.25, -0.2) is 0 Å². The van der Waals surface area contributed by atoms with Crippen molar-refractivity contribution in [2.75, 3.05) is 13.2 Å². The van der Waals surface area contributed by atoms with Crippen molar-refractivity contribution in [2.24, 2.45) is 5.11 Å². The second-order valence-corrected chi connectivity index (χ2v) is 17.5. The van der Waals surface area contributed by atoms with E-state index in [0.29, 0.717) is 0 Å².